The van der Waals surface area contributed by atoms with E-state index in [1.165, 1.54) is 23.7 Å². The van der Waals surface area contributed by atoms with E-state index in [1.54, 1.807) is 31.1 Å². The number of urea groups is 1. The van der Waals surface area contributed by atoms with Crippen molar-refractivity contribution in [3.63, 3.8) is 0 Å². The summed E-state index contributed by atoms with van der Waals surface area (Å²) >= 11 is 1.38. The van der Waals surface area contributed by atoms with Crippen LogP contribution in [0.15, 0.2) is 24.3 Å². The first kappa shape index (κ1) is 17.6. The molecule has 0 N–H and O–H groups in total. The van der Waals surface area contributed by atoms with Gasteiger partial charge in [-0.05, 0) is 24.1 Å². The fourth-order valence-corrected chi connectivity index (χ4v) is 3.55. The lowest BCUT2D eigenvalue weighted by Crippen LogP contribution is -2.41. The third-order valence-electron chi connectivity index (χ3n) is 4.15. The molecule has 6 nitrogen and oxygen atoms in total. The molecule has 8 heteroatoms. The molecule has 0 bridgehead atoms. The number of halogens is 1. The van der Waals surface area contributed by atoms with E-state index < -0.39 is 0 Å². The molecule has 0 aliphatic carbocycles. The second kappa shape index (κ2) is 7.77. The molecule has 0 atom stereocenters. The van der Waals surface area contributed by atoms with E-state index >= 15 is 0 Å². The van der Waals surface area contributed by atoms with Gasteiger partial charge in [0.2, 0.25) is 5.13 Å². The Balaban J connectivity index is 1.62. The van der Waals surface area contributed by atoms with Crippen molar-refractivity contribution in [3.05, 3.63) is 41.5 Å². The van der Waals surface area contributed by atoms with Crippen LogP contribution in [-0.2, 0) is 6.42 Å². The highest BCUT2D eigenvalue weighted by atomic mass is 32.1. The van der Waals surface area contributed by atoms with Crippen LogP contribution in [0.4, 0.5) is 14.3 Å². The topological polar surface area (TPSA) is 52.6 Å². The van der Waals surface area contributed by atoms with Crippen molar-refractivity contribution >= 4 is 22.7 Å². The molecule has 1 aliphatic rings. The molecule has 1 aromatic heterocycles. The van der Waals surface area contributed by atoms with E-state index in [0.29, 0.717) is 13.0 Å². The third-order valence-corrected chi connectivity index (χ3v) is 4.97. The number of hydrogen-bond donors (Lipinski definition) is 0. The van der Waals surface area contributed by atoms with Crippen molar-refractivity contribution in [1.82, 2.24) is 19.2 Å². The number of aromatic nitrogens is 2. The number of anilines is 1. The minimum absolute atomic E-state index is 0.0520. The lowest BCUT2D eigenvalue weighted by Gasteiger charge is -2.24. The number of nitrogens with zero attached hydrogens (tertiary/aromatic N) is 5. The molecule has 1 aliphatic heterocycles. The molecule has 1 fully saturated rings. The fraction of sp³-hybridized carbons (Fsp3) is 0.471. The highest BCUT2D eigenvalue weighted by molar-refractivity contribution is 7.09. The maximum absolute atomic E-state index is 13.0. The van der Waals surface area contributed by atoms with E-state index in [2.05, 4.69) is 14.3 Å². The predicted octanol–water partition coefficient (Wildman–Crippen LogP) is 2.46. The molecule has 0 radical (unpaired) electrons. The average molecular weight is 363 g/mol. The van der Waals surface area contributed by atoms with Crippen LogP contribution in [0.1, 0.15) is 17.8 Å². The van der Waals surface area contributed by atoms with Crippen LogP contribution >= 0.6 is 11.5 Å². The van der Waals surface area contributed by atoms with Gasteiger partial charge < -0.3 is 14.7 Å². The molecule has 1 aromatic carbocycles. The molecule has 0 saturated carbocycles. The van der Waals surface area contributed by atoms with Gasteiger partial charge in [-0.2, -0.15) is 4.37 Å². The third kappa shape index (κ3) is 4.45. The van der Waals surface area contributed by atoms with E-state index in [4.69, 9.17) is 0 Å². The summed E-state index contributed by atoms with van der Waals surface area (Å²) in [6.07, 6.45) is 1.50. The molecule has 1 saturated heterocycles. The Morgan fingerprint density at radius 3 is 2.68 bits per heavy atom. The lowest BCUT2D eigenvalue weighted by molar-refractivity contribution is 0.174. The maximum Gasteiger partial charge on any atom is 0.319 e. The molecule has 2 heterocycles. The van der Waals surface area contributed by atoms with E-state index in [-0.39, 0.29) is 11.8 Å². The Morgan fingerprint density at radius 1 is 1.20 bits per heavy atom. The Hall–Kier alpha value is -2.22. The largest absolute Gasteiger partial charge is 0.345 e. The number of amides is 2. The molecule has 134 valence electrons. The van der Waals surface area contributed by atoms with Crippen molar-refractivity contribution in [3.8, 4) is 0 Å². The summed E-state index contributed by atoms with van der Waals surface area (Å²) in [5.74, 6) is 0.508. The number of carbonyl (C=O) groups excluding carboxylic acids is 1. The van der Waals surface area contributed by atoms with Gasteiger partial charge in [0.25, 0.3) is 0 Å². The van der Waals surface area contributed by atoms with Crippen molar-refractivity contribution in [2.75, 3.05) is 45.2 Å². The summed E-state index contributed by atoms with van der Waals surface area (Å²) in [6.45, 7) is 3.06. The maximum atomic E-state index is 13.0. The summed E-state index contributed by atoms with van der Waals surface area (Å²) in [4.78, 5) is 22.4. The van der Waals surface area contributed by atoms with Crippen LogP contribution in [0.3, 0.4) is 0 Å². The second-order valence-corrected chi connectivity index (χ2v) is 7.03. The van der Waals surface area contributed by atoms with Crippen molar-refractivity contribution in [2.24, 2.45) is 0 Å². The molecule has 2 aromatic rings. The zero-order valence-electron chi connectivity index (χ0n) is 14.5. The molecular weight excluding hydrogens is 341 g/mol. The average Bonchev–Trinajstić information content (AvgIpc) is 2.91. The van der Waals surface area contributed by atoms with Gasteiger partial charge in [0.15, 0.2) is 0 Å². The van der Waals surface area contributed by atoms with Gasteiger partial charge in [0.05, 0.1) is 0 Å². The Morgan fingerprint density at radius 2 is 1.96 bits per heavy atom. The molecule has 25 heavy (non-hydrogen) atoms. The molecular formula is C17H22FN5OS. The Labute approximate surface area is 151 Å². The minimum atomic E-state index is -0.239. The number of hydrogen-bond acceptors (Lipinski definition) is 5. The Kier molecular flexibility index (Phi) is 5.47. The van der Waals surface area contributed by atoms with Gasteiger partial charge in [-0.3, -0.25) is 0 Å². The van der Waals surface area contributed by atoms with Crippen LogP contribution in [-0.4, -0.2) is 65.5 Å². The van der Waals surface area contributed by atoms with Crippen molar-refractivity contribution < 1.29 is 9.18 Å². The standard InChI is InChI=1S/C17H22FN5OS/c1-21(2)17(24)23-9-3-8-22(10-11-23)16-19-15(20-25-16)12-13-4-6-14(18)7-5-13/h4-7H,3,8-12H2,1-2H3. The van der Waals surface area contributed by atoms with Crippen LogP contribution < -0.4 is 4.90 Å². The summed E-state index contributed by atoms with van der Waals surface area (Å²) in [6, 6.07) is 6.47. The minimum Gasteiger partial charge on any atom is -0.345 e. The summed E-state index contributed by atoms with van der Waals surface area (Å²) in [7, 11) is 3.55. The zero-order valence-corrected chi connectivity index (χ0v) is 15.3. The molecule has 0 spiro atoms. The van der Waals surface area contributed by atoms with E-state index in [9.17, 15) is 9.18 Å². The Bertz CT molecular complexity index is 718. The quantitative estimate of drug-likeness (QED) is 0.841. The van der Waals surface area contributed by atoms with Gasteiger partial charge in [0, 0.05) is 58.2 Å². The number of benzene rings is 1. The number of rotatable bonds is 3. The molecule has 0 unspecified atom stereocenters. The summed E-state index contributed by atoms with van der Waals surface area (Å²) in [5.41, 5.74) is 0.990. The fourth-order valence-electron chi connectivity index (χ4n) is 2.81. The first-order valence-corrected chi connectivity index (χ1v) is 9.08. The second-order valence-electron chi connectivity index (χ2n) is 6.30. The normalized spacial score (nSPS) is 15.2. The summed E-state index contributed by atoms with van der Waals surface area (Å²) in [5, 5.41) is 0.885. The van der Waals surface area contributed by atoms with Gasteiger partial charge >= 0.3 is 6.03 Å². The van der Waals surface area contributed by atoms with Gasteiger partial charge in [0.1, 0.15) is 11.6 Å². The van der Waals surface area contributed by atoms with Crippen molar-refractivity contribution in [2.45, 2.75) is 12.8 Å². The van der Waals surface area contributed by atoms with Crippen LogP contribution in [0.25, 0.3) is 0 Å². The SMILES string of the molecule is CN(C)C(=O)N1CCCN(c2nc(Cc3ccc(F)cc3)ns2)CC1. The van der Waals surface area contributed by atoms with Crippen molar-refractivity contribution in [1.29, 1.82) is 0 Å². The number of carbonyl (C=O) groups is 1. The predicted molar refractivity (Wildman–Crippen MR) is 96.6 cm³/mol. The lowest BCUT2D eigenvalue weighted by atomic mass is 10.1. The molecule has 3 rings (SSSR count). The van der Waals surface area contributed by atoms with E-state index in [0.717, 1.165) is 42.6 Å². The monoisotopic (exact) mass is 363 g/mol. The van der Waals surface area contributed by atoms with Gasteiger partial charge in [-0.15, -0.1) is 0 Å². The first-order valence-electron chi connectivity index (χ1n) is 8.31. The van der Waals surface area contributed by atoms with Gasteiger partial charge in [-0.25, -0.2) is 14.2 Å². The van der Waals surface area contributed by atoms with E-state index in [1.807, 2.05) is 4.90 Å². The van der Waals surface area contributed by atoms with Crippen LogP contribution in [0.2, 0.25) is 0 Å². The summed E-state index contributed by atoms with van der Waals surface area (Å²) < 4.78 is 17.4. The zero-order chi connectivity index (χ0) is 17.8. The van der Waals surface area contributed by atoms with Crippen LogP contribution in [0, 0.1) is 5.82 Å². The molecule has 2 amide bonds. The highest BCUT2D eigenvalue weighted by Gasteiger charge is 2.22. The highest BCUT2D eigenvalue weighted by Crippen LogP contribution is 2.21. The van der Waals surface area contributed by atoms with Crippen LogP contribution in [0.5, 0.6) is 0 Å². The smallest absolute Gasteiger partial charge is 0.319 e. The first-order chi connectivity index (χ1) is 12.0. The van der Waals surface area contributed by atoms with Gasteiger partial charge in [-0.1, -0.05) is 12.1 Å².